The van der Waals surface area contributed by atoms with Gasteiger partial charge in [0.25, 0.3) is 5.91 Å². The van der Waals surface area contributed by atoms with Gasteiger partial charge in [0.05, 0.1) is 7.11 Å². The van der Waals surface area contributed by atoms with E-state index in [1.54, 1.807) is 6.07 Å². The molecule has 0 bridgehead atoms. The van der Waals surface area contributed by atoms with Gasteiger partial charge in [0.2, 0.25) is 0 Å². The highest BCUT2D eigenvalue weighted by molar-refractivity contribution is 6.00. The SMILES string of the molecule is CC[C@@H](C)[C@H](NC(=O)c1ccc2ccccc2c1)C(=O)OC. The first-order valence-electron chi connectivity index (χ1n) is 7.44. The highest BCUT2D eigenvalue weighted by atomic mass is 16.5. The van der Waals surface area contributed by atoms with E-state index < -0.39 is 12.0 Å². The van der Waals surface area contributed by atoms with E-state index >= 15 is 0 Å². The number of benzene rings is 2. The molecule has 116 valence electrons. The molecule has 2 aromatic rings. The smallest absolute Gasteiger partial charge is 0.328 e. The maximum absolute atomic E-state index is 12.4. The van der Waals surface area contributed by atoms with Gasteiger partial charge >= 0.3 is 5.97 Å². The van der Waals surface area contributed by atoms with E-state index in [1.165, 1.54) is 7.11 Å². The second-order valence-corrected chi connectivity index (χ2v) is 5.42. The van der Waals surface area contributed by atoms with Crippen LogP contribution in [0.4, 0.5) is 0 Å². The Morgan fingerprint density at radius 1 is 1.14 bits per heavy atom. The molecule has 22 heavy (non-hydrogen) atoms. The molecule has 0 aliphatic heterocycles. The molecular weight excluding hydrogens is 278 g/mol. The van der Waals surface area contributed by atoms with Crippen molar-refractivity contribution in [2.45, 2.75) is 26.3 Å². The highest BCUT2D eigenvalue weighted by Gasteiger charge is 2.27. The molecule has 0 aliphatic rings. The summed E-state index contributed by atoms with van der Waals surface area (Å²) in [6.07, 6.45) is 0.776. The standard InChI is InChI=1S/C18H21NO3/c1-4-12(2)16(18(21)22-3)19-17(20)15-10-9-13-7-5-6-8-14(13)11-15/h5-12,16H,4H2,1-3H3,(H,19,20)/t12-,16+/m1/s1. The van der Waals surface area contributed by atoms with E-state index in [2.05, 4.69) is 5.32 Å². The van der Waals surface area contributed by atoms with Crippen LogP contribution in [0, 0.1) is 5.92 Å². The van der Waals surface area contributed by atoms with Gasteiger partial charge < -0.3 is 10.1 Å². The van der Waals surface area contributed by atoms with Gasteiger partial charge in [-0.25, -0.2) is 4.79 Å². The van der Waals surface area contributed by atoms with Crippen LogP contribution < -0.4 is 5.32 Å². The Bertz CT molecular complexity index is 681. The summed E-state index contributed by atoms with van der Waals surface area (Å²) in [6, 6.07) is 12.7. The lowest BCUT2D eigenvalue weighted by Crippen LogP contribution is -2.45. The van der Waals surface area contributed by atoms with Crippen LogP contribution in [0.3, 0.4) is 0 Å². The Labute approximate surface area is 130 Å². The lowest BCUT2D eigenvalue weighted by atomic mass is 9.98. The van der Waals surface area contributed by atoms with E-state index in [0.717, 1.165) is 17.2 Å². The first-order chi connectivity index (χ1) is 10.6. The summed E-state index contributed by atoms with van der Waals surface area (Å²) < 4.78 is 4.79. The van der Waals surface area contributed by atoms with Gasteiger partial charge in [0.1, 0.15) is 6.04 Å². The first kappa shape index (κ1) is 16.0. The minimum Gasteiger partial charge on any atom is -0.467 e. The zero-order valence-corrected chi connectivity index (χ0v) is 13.1. The zero-order chi connectivity index (χ0) is 16.1. The summed E-state index contributed by atoms with van der Waals surface area (Å²) in [6.45, 7) is 3.89. The van der Waals surface area contributed by atoms with E-state index in [-0.39, 0.29) is 11.8 Å². The number of esters is 1. The number of rotatable bonds is 5. The molecule has 4 nitrogen and oxygen atoms in total. The van der Waals surface area contributed by atoms with Crippen LogP contribution in [0.1, 0.15) is 30.6 Å². The van der Waals surface area contributed by atoms with Gasteiger partial charge in [0, 0.05) is 5.56 Å². The van der Waals surface area contributed by atoms with Gasteiger partial charge in [-0.15, -0.1) is 0 Å². The van der Waals surface area contributed by atoms with E-state index in [9.17, 15) is 9.59 Å². The van der Waals surface area contributed by atoms with Crippen molar-refractivity contribution in [3.05, 3.63) is 48.0 Å². The molecule has 0 fully saturated rings. The predicted molar refractivity (Wildman–Crippen MR) is 86.7 cm³/mol. The number of carbonyl (C=O) groups is 2. The molecule has 2 rings (SSSR count). The summed E-state index contributed by atoms with van der Waals surface area (Å²) in [7, 11) is 1.33. The average molecular weight is 299 g/mol. The Balaban J connectivity index is 2.22. The monoisotopic (exact) mass is 299 g/mol. The molecule has 0 unspecified atom stereocenters. The molecule has 4 heteroatoms. The van der Waals surface area contributed by atoms with Crippen molar-refractivity contribution in [2.24, 2.45) is 5.92 Å². The van der Waals surface area contributed by atoms with Crippen molar-refractivity contribution in [1.29, 1.82) is 0 Å². The molecule has 1 amide bonds. The van der Waals surface area contributed by atoms with E-state index in [1.807, 2.05) is 50.2 Å². The van der Waals surface area contributed by atoms with Crippen LogP contribution in [0.2, 0.25) is 0 Å². The number of nitrogens with one attached hydrogen (secondary N) is 1. The highest BCUT2D eigenvalue weighted by Crippen LogP contribution is 2.16. The molecule has 0 spiro atoms. The van der Waals surface area contributed by atoms with Crippen LogP contribution in [0.25, 0.3) is 10.8 Å². The number of hydrogen-bond acceptors (Lipinski definition) is 3. The average Bonchev–Trinajstić information content (AvgIpc) is 2.57. The molecule has 0 heterocycles. The van der Waals surface area contributed by atoms with Crippen molar-refractivity contribution in [1.82, 2.24) is 5.32 Å². The Morgan fingerprint density at radius 3 is 2.45 bits per heavy atom. The lowest BCUT2D eigenvalue weighted by Gasteiger charge is -2.21. The fraction of sp³-hybridized carbons (Fsp3) is 0.333. The second kappa shape index (κ2) is 7.07. The first-order valence-corrected chi connectivity index (χ1v) is 7.44. The number of methoxy groups -OCH3 is 1. The molecule has 0 radical (unpaired) electrons. The Hall–Kier alpha value is -2.36. The van der Waals surface area contributed by atoms with Crippen molar-refractivity contribution < 1.29 is 14.3 Å². The summed E-state index contributed by atoms with van der Waals surface area (Å²) >= 11 is 0. The number of fused-ring (bicyclic) bond motifs is 1. The molecule has 1 N–H and O–H groups in total. The van der Waals surface area contributed by atoms with Crippen LogP contribution in [-0.2, 0) is 9.53 Å². The van der Waals surface area contributed by atoms with Crippen LogP contribution >= 0.6 is 0 Å². The number of ether oxygens (including phenoxy) is 1. The summed E-state index contributed by atoms with van der Waals surface area (Å²) in [4.78, 5) is 24.3. The third kappa shape index (κ3) is 3.45. The number of carbonyl (C=O) groups excluding carboxylic acids is 2. The van der Waals surface area contributed by atoms with Crippen LogP contribution in [-0.4, -0.2) is 25.0 Å². The topological polar surface area (TPSA) is 55.4 Å². The molecule has 0 aromatic heterocycles. The maximum atomic E-state index is 12.4. The van der Waals surface area contributed by atoms with Crippen LogP contribution in [0.5, 0.6) is 0 Å². The van der Waals surface area contributed by atoms with Crippen molar-refractivity contribution in [3.8, 4) is 0 Å². The van der Waals surface area contributed by atoms with Crippen LogP contribution in [0.15, 0.2) is 42.5 Å². The number of amides is 1. The second-order valence-electron chi connectivity index (χ2n) is 5.42. The zero-order valence-electron chi connectivity index (χ0n) is 13.1. The molecule has 2 atom stereocenters. The van der Waals surface area contributed by atoms with Gasteiger partial charge in [-0.1, -0.05) is 50.6 Å². The van der Waals surface area contributed by atoms with Gasteiger partial charge in [0.15, 0.2) is 0 Å². The Kier molecular flexibility index (Phi) is 5.15. The van der Waals surface area contributed by atoms with Crippen molar-refractivity contribution >= 4 is 22.6 Å². The predicted octanol–water partition coefficient (Wildman–Crippen LogP) is 3.16. The molecule has 0 saturated carbocycles. The molecule has 0 saturated heterocycles. The fourth-order valence-corrected chi connectivity index (χ4v) is 2.35. The third-order valence-corrected chi connectivity index (χ3v) is 3.97. The van der Waals surface area contributed by atoms with Gasteiger partial charge in [-0.2, -0.15) is 0 Å². The number of hydrogen-bond donors (Lipinski definition) is 1. The summed E-state index contributed by atoms with van der Waals surface area (Å²) in [5.74, 6) is -0.665. The quantitative estimate of drug-likeness (QED) is 0.863. The normalized spacial score (nSPS) is 13.4. The van der Waals surface area contributed by atoms with Crippen molar-refractivity contribution in [3.63, 3.8) is 0 Å². The third-order valence-electron chi connectivity index (χ3n) is 3.97. The largest absolute Gasteiger partial charge is 0.467 e. The fourth-order valence-electron chi connectivity index (χ4n) is 2.35. The molecule has 0 aliphatic carbocycles. The molecule has 2 aromatic carbocycles. The van der Waals surface area contributed by atoms with E-state index in [4.69, 9.17) is 4.74 Å². The Morgan fingerprint density at radius 2 is 1.82 bits per heavy atom. The summed E-state index contributed by atoms with van der Waals surface area (Å²) in [5.41, 5.74) is 0.538. The molecular formula is C18H21NO3. The minimum atomic E-state index is -0.631. The lowest BCUT2D eigenvalue weighted by molar-refractivity contribution is -0.144. The van der Waals surface area contributed by atoms with Gasteiger partial charge in [-0.05, 0) is 28.8 Å². The minimum absolute atomic E-state index is 0.0110. The van der Waals surface area contributed by atoms with Crippen molar-refractivity contribution in [2.75, 3.05) is 7.11 Å². The van der Waals surface area contributed by atoms with E-state index in [0.29, 0.717) is 5.56 Å². The maximum Gasteiger partial charge on any atom is 0.328 e. The van der Waals surface area contributed by atoms with Gasteiger partial charge in [-0.3, -0.25) is 4.79 Å². The summed E-state index contributed by atoms with van der Waals surface area (Å²) in [5, 5.41) is 4.85.